The second-order valence-electron chi connectivity index (χ2n) is 4.46. The lowest BCUT2D eigenvalue weighted by molar-refractivity contribution is -0.122. The minimum Gasteiger partial charge on any atom is -0.391 e. The molecule has 0 saturated carbocycles. The zero-order chi connectivity index (χ0) is 12.0. The third-order valence-electron chi connectivity index (χ3n) is 2.65. The maximum absolute atomic E-state index is 11.4. The maximum Gasteiger partial charge on any atom is 0.222 e. The number of carbonyl (C=O) groups is 1. The Balaban J connectivity index is 0.00000256. The van der Waals surface area contributed by atoms with Crippen LogP contribution in [0.25, 0.3) is 0 Å². The average molecular weight is 267 g/mol. The highest BCUT2D eigenvalue weighted by Crippen LogP contribution is 2.06. The molecule has 17 heavy (non-hydrogen) atoms. The fourth-order valence-corrected chi connectivity index (χ4v) is 1.65. The molecule has 0 aromatic carbocycles. The number of β-amino-alcohol motifs (C(OH)–C–C–N with tert-alkyl or cyclic N) is 1. The van der Waals surface area contributed by atoms with E-state index < -0.39 is 0 Å². The number of rotatable bonds is 6. The summed E-state index contributed by atoms with van der Waals surface area (Å²) in [7, 11) is 0. The molecule has 102 valence electrons. The van der Waals surface area contributed by atoms with Gasteiger partial charge in [-0.3, -0.25) is 4.79 Å². The number of hydrogen-bond donors (Lipinski definition) is 3. The van der Waals surface area contributed by atoms with E-state index in [2.05, 4.69) is 10.6 Å². The summed E-state index contributed by atoms with van der Waals surface area (Å²) in [5, 5.41) is 15.4. The topological polar surface area (TPSA) is 70.6 Å². The fraction of sp³-hybridized carbons (Fsp3) is 0.909. The summed E-state index contributed by atoms with van der Waals surface area (Å²) < 4.78 is 5.28. The molecule has 0 bridgehead atoms. The standard InChI is InChI=1S/C11H22N2O3.ClH/c1-8(2)16-4-3-11(15)13-6-9-5-12-7-10(9)14;/h8-10,12,14H,3-7H2,1-2H3,(H,13,15);1H. The smallest absolute Gasteiger partial charge is 0.222 e. The van der Waals surface area contributed by atoms with Gasteiger partial charge in [0.2, 0.25) is 5.91 Å². The van der Waals surface area contributed by atoms with Crippen LogP contribution in [-0.2, 0) is 9.53 Å². The molecule has 1 aliphatic heterocycles. The van der Waals surface area contributed by atoms with Crippen LogP contribution < -0.4 is 10.6 Å². The van der Waals surface area contributed by atoms with Gasteiger partial charge in [0, 0.05) is 32.0 Å². The van der Waals surface area contributed by atoms with Crippen molar-refractivity contribution >= 4 is 18.3 Å². The zero-order valence-corrected chi connectivity index (χ0v) is 11.3. The zero-order valence-electron chi connectivity index (χ0n) is 10.4. The monoisotopic (exact) mass is 266 g/mol. The number of carbonyl (C=O) groups excluding carboxylic acids is 1. The Labute approximate surface area is 109 Å². The highest BCUT2D eigenvalue weighted by Gasteiger charge is 2.24. The molecule has 1 amide bonds. The van der Waals surface area contributed by atoms with Gasteiger partial charge in [0.05, 0.1) is 18.8 Å². The lowest BCUT2D eigenvalue weighted by Crippen LogP contribution is -2.34. The van der Waals surface area contributed by atoms with E-state index in [1.54, 1.807) is 0 Å². The minimum absolute atomic E-state index is 0. The third-order valence-corrected chi connectivity index (χ3v) is 2.65. The molecule has 1 fully saturated rings. The molecule has 1 aliphatic rings. The number of aliphatic hydroxyl groups is 1. The third kappa shape index (κ3) is 6.83. The molecule has 5 nitrogen and oxygen atoms in total. The van der Waals surface area contributed by atoms with Crippen molar-refractivity contribution in [3.8, 4) is 0 Å². The van der Waals surface area contributed by atoms with E-state index in [1.165, 1.54) is 0 Å². The molecule has 0 radical (unpaired) electrons. The van der Waals surface area contributed by atoms with Crippen LogP contribution in [-0.4, -0.2) is 49.5 Å². The van der Waals surface area contributed by atoms with Gasteiger partial charge in [-0.15, -0.1) is 12.4 Å². The molecule has 6 heteroatoms. The molecule has 0 spiro atoms. The Morgan fingerprint density at radius 2 is 2.24 bits per heavy atom. The Morgan fingerprint density at radius 1 is 1.53 bits per heavy atom. The van der Waals surface area contributed by atoms with Gasteiger partial charge in [-0.25, -0.2) is 0 Å². The quantitative estimate of drug-likeness (QED) is 0.629. The van der Waals surface area contributed by atoms with Crippen molar-refractivity contribution in [3.63, 3.8) is 0 Å². The van der Waals surface area contributed by atoms with Crippen LogP contribution in [0.5, 0.6) is 0 Å². The molecule has 0 aromatic rings. The molecular weight excluding hydrogens is 244 g/mol. The summed E-state index contributed by atoms with van der Waals surface area (Å²) in [5.41, 5.74) is 0. The summed E-state index contributed by atoms with van der Waals surface area (Å²) in [4.78, 5) is 11.4. The second-order valence-corrected chi connectivity index (χ2v) is 4.46. The van der Waals surface area contributed by atoms with Crippen LogP contribution >= 0.6 is 12.4 Å². The van der Waals surface area contributed by atoms with E-state index in [0.29, 0.717) is 26.1 Å². The summed E-state index contributed by atoms with van der Waals surface area (Å²) >= 11 is 0. The highest BCUT2D eigenvalue weighted by molar-refractivity contribution is 5.85. The van der Waals surface area contributed by atoms with Gasteiger partial charge in [0.15, 0.2) is 0 Å². The predicted octanol–water partition coefficient (Wildman–Crippen LogP) is -0.0802. The maximum atomic E-state index is 11.4. The van der Waals surface area contributed by atoms with E-state index in [-0.39, 0.29) is 36.4 Å². The molecule has 2 unspecified atom stereocenters. The Hall–Kier alpha value is -0.360. The van der Waals surface area contributed by atoms with Crippen molar-refractivity contribution in [1.82, 2.24) is 10.6 Å². The van der Waals surface area contributed by atoms with E-state index in [0.717, 1.165) is 6.54 Å². The summed E-state index contributed by atoms with van der Waals surface area (Å²) in [6.45, 7) is 6.27. The van der Waals surface area contributed by atoms with Gasteiger partial charge in [-0.1, -0.05) is 0 Å². The Kier molecular flexibility index (Phi) is 8.51. The summed E-state index contributed by atoms with van der Waals surface area (Å²) in [6, 6.07) is 0. The van der Waals surface area contributed by atoms with Crippen molar-refractivity contribution in [2.75, 3.05) is 26.2 Å². The van der Waals surface area contributed by atoms with Crippen LogP contribution in [0.15, 0.2) is 0 Å². The number of hydrogen-bond acceptors (Lipinski definition) is 4. The summed E-state index contributed by atoms with van der Waals surface area (Å²) in [6.07, 6.45) is 0.204. The van der Waals surface area contributed by atoms with Gasteiger partial charge in [-0.2, -0.15) is 0 Å². The molecule has 1 saturated heterocycles. The van der Waals surface area contributed by atoms with Gasteiger partial charge in [-0.05, 0) is 13.8 Å². The van der Waals surface area contributed by atoms with E-state index in [4.69, 9.17) is 4.74 Å². The summed E-state index contributed by atoms with van der Waals surface area (Å²) in [5.74, 6) is 0.120. The first-order valence-corrected chi connectivity index (χ1v) is 5.86. The first-order chi connectivity index (χ1) is 7.59. The van der Waals surface area contributed by atoms with Crippen LogP contribution in [0.2, 0.25) is 0 Å². The van der Waals surface area contributed by atoms with Crippen LogP contribution in [0.3, 0.4) is 0 Å². The molecular formula is C11H23ClN2O3. The van der Waals surface area contributed by atoms with Gasteiger partial charge in [0.1, 0.15) is 0 Å². The van der Waals surface area contributed by atoms with E-state index in [1.807, 2.05) is 13.8 Å². The molecule has 1 rings (SSSR count). The van der Waals surface area contributed by atoms with Crippen LogP contribution in [0, 0.1) is 5.92 Å². The van der Waals surface area contributed by atoms with Crippen molar-refractivity contribution < 1.29 is 14.6 Å². The normalized spacial score (nSPS) is 23.5. The predicted molar refractivity (Wildman–Crippen MR) is 68.3 cm³/mol. The number of amides is 1. The number of halogens is 1. The fourth-order valence-electron chi connectivity index (χ4n) is 1.65. The van der Waals surface area contributed by atoms with E-state index in [9.17, 15) is 9.90 Å². The van der Waals surface area contributed by atoms with Crippen molar-refractivity contribution in [1.29, 1.82) is 0 Å². The van der Waals surface area contributed by atoms with E-state index >= 15 is 0 Å². The van der Waals surface area contributed by atoms with Crippen LogP contribution in [0.4, 0.5) is 0 Å². The largest absolute Gasteiger partial charge is 0.391 e. The SMILES string of the molecule is CC(C)OCCC(=O)NCC1CNCC1O.Cl. The highest BCUT2D eigenvalue weighted by atomic mass is 35.5. The Morgan fingerprint density at radius 3 is 2.76 bits per heavy atom. The molecule has 3 N–H and O–H groups in total. The van der Waals surface area contributed by atoms with Crippen molar-refractivity contribution in [3.05, 3.63) is 0 Å². The van der Waals surface area contributed by atoms with Crippen molar-refractivity contribution in [2.45, 2.75) is 32.5 Å². The second kappa shape index (κ2) is 8.69. The average Bonchev–Trinajstić information content (AvgIpc) is 2.60. The number of aliphatic hydroxyl groups excluding tert-OH is 1. The molecule has 2 atom stereocenters. The first-order valence-electron chi connectivity index (χ1n) is 5.86. The number of ether oxygens (including phenoxy) is 1. The number of nitrogens with one attached hydrogen (secondary N) is 2. The first kappa shape index (κ1) is 16.6. The lowest BCUT2D eigenvalue weighted by Gasteiger charge is -2.14. The van der Waals surface area contributed by atoms with Crippen LogP contribution in [0.1, 0.15) is 20.3 Å². The van der Waals surface area contributed by atoms with Gasteiger partial charge < -0.3 is 20.5 Å². The lowest BCUT2D eigenvalue weighted by atomic mass is 10.1. The molecule has 0 aromatic heterocycles. The van der Waals surface area contributed by atoms with Gasteiger partial charge >= 0.3 is 0 Å². The molecule has 1 heterocycles. The van der Waals surface area contributed by atoms with Crippen molar-refractivity contribution in [2.24, 2.45) is 5.92 Å². The van der Waals surface area contributed by atoms with Gasteiger partial charge in [0.25, 0.3) is 0 Å². The minimum atomic E-state index is -0.341. The Bertz CT molecular complexity index is 227. The molecule has 0 aliphatic carbocycles.